The van der Waals surface area contributed by atoms with E-state index in [1.54, 1.807) is 0 Å². The van der Waals surface area contributed by atoms with Crippen molar-refractivity contribution < 1.29 is 14.3 Å². The number of amides is 1. The first-order valence-corrected chi connectivity index (χ1v) is 10.9. The molecule has 9 heteroatoms. The summed E-state index contributed by atoms with van der Waals surface area (Å²) in [5.41, 5.74) is 7.07. The molecule has 0 aliphatic carbocycles. The summed E-state index contributed by atoms with van der Waals surface area (Å²) >= 11 is 0. The predicted octanol–water partition coefficient (Wildman–Crippen LogP) is 2.41. The zero-order chi connectivity index (χ0) is 23.8. The molecule has 32 heavy (non-hydrogen) atoms. The van der Waals surface area contributed by atoms with Crippen LogP contribution in [0.25, 0.3) is 0 Å². The fourth-order valence-corrected chi connectivity index (χ4v) is 3.53. The number of aromatic nitrogens is 2. The van der Waals surface area contributed by atoms with Gasteiger partial charge in [0.2, 0.25) is 0 Å². The van der Waals surface area contributed by atoms with Crippen molar-refractivity contribution in [1.29, 1.82) is 0 Å². The summed E-state index contributed by atoms with van der Waals surface area (Å²) in [6.45, 7) is 8.52. The zero-order valence-corrected chi connectivity index (χ0v) is 19.6. The van der Waals surface area contributed by atoms with Crippen molar-refractivity contribution in [2.45, 2.75) is 53.0 Å². The number of benzene rings is 1. The first-order valence-electron chi connectivity index (χ1n) is 10.9. The van der Waals surface area contributed by atoms with Crippen molar-refractivity contribution >= 4 is 17.4 Å². The number of hydrogen-bond acceptors (Lipinski definition) is 6. The highest BCUT2D eigenvalue weighted by molar-refractivity contribution is 5.96. The van der Waals surface area contributed by atoms with Gasteiger partial charge in [-0.3, -0.25) is 24.0 Å². The van der Waals surface area contributed by atoms with E-state index in [1.807, 2.05) is 32.0 Å². The first-order chi connectivity index (χ1) is 15.2. The number of carbonyl (C=O) groups excluding carboxylic acids is 1. The molecule has 0 saturated carbocycles. The van der Waals surface area contributed by atoms with Gasteiger partial charge >= 0.3 is 5.69 Å². The lowest BCUT2D eigenvalue weighted by Gasteiger charge is -2.24. The number of aromatic amines is 1. The standard InChI is InChI=1S/C23H34N4O5/c1-6-7-10-27-21(24)20(22(29)25-23(27)30)26(11-12-31-5)19(28)14-32-17-8-9-18(15(2)3)16(4)13-17/h8-9,13,15H,6-7,10-12,14,24H2,1-5H3,(H,25,29,30). The molecule has 0 unspecified atom stereocenters. The highest BCUT2D eigenvalue weighted by Crippen LogP contribution is 2.24. The minimum atomic E-state index is -0.721. The average Bonchev–Trinajstić information content (AvgIpc) is 2.73. The van der Waals surface area contributed by atoms with Crippen molar-refractivity contribution in [2.75, 3.05) is 37.5 Å². The van der Waals surface area contributed by atoms with Gasteiger partial charge in [0, 0.05) is 20.2 Å². The maximum Gasteiger partial charge on any atom is 0.330 e. The van der Waals surface area contributed by atoms with Crippen LogP contribution in [-0.4, -0.2) is 42.3 Å². The molecule has 1 heterocycles. The fraction of sp³-hybridized carbons (Fsp3) is 0.522. The molecule has 0 aliphatic rings. The maximum atomic E-state index is 13.0. The van der Waals surface area contributed by atoms with Crippen LogP contribution in [0.1, 0.15) is 50.7 Å². The number of methoxy groups -OCH3 is 1. The Balaban J connectivity index is 2.32. The van der Waals surface area contributed by atoms with E-state index in [0.29, 0.717) is 24.6 Å². The van der Waals surface area contributed by atoms with Crippen LogP contribution in [0.2, 0.25) is 0 Å². The number of hydrogen-bond donors (Lipinski definition) is 2. The van der Waals surface area contributed by atoms with Crippen LogP contribution in [0, 0.1) is 6.92 Å². The Kier molecular flexibility index (Phi) is 9.07. The smallest absolute Gasteiger partial charge is 0.330 e. The molecule has 1 amide bonds. The lowest BCUT2D eigenvalue weighted by Crippen LogP contribution is -2.44. The van der Waals surface area contributed by atoms with Crippen molar-refractivity contribution in [1.82, 2.24) is 9.55 Å². The van der Waals surface area contributed by atoms with Gasteiger partial charge in [-0.2, -0.15) is 0 Å². The van der Waals surface area contributed by atoms with Crippen LogP contribution in [0.5, 0.6) is 5.75 Å². The number of carbonyl (C=O) groups is 1. The molecule has 0 aliphatic heterocycles. The molecular formula is C23H34N4O5. The van der Waals surface area contributed by atoms with Gasteiger partial charge in [0.15, 0.2) is 12.3 Å². The topological polar surface area (TPSA) is 120 Å². The average molecular weight is 447 g/mol. The van der Waals surface area contributed by atoms with Gasteiger partial charge < -0.3 is 15.2 Å². The summed E-state index contributed by atoms with van der Waals surface area (Å²) in [7, 11) is 1.49. The molecule has 2 rings (SSSR count). The van der Waals surface area contributed by atoms with Gasteiger partial charge in [0.05, 0.1) is 6.61 Å². The van der Waals surface area contributed by atoms with E-state index in [9.17, 15) is 14.4 Å². The lowest BCUT2D eigenvalue weighted by molar-refractivity contribution is -0.120. The summed E-state index contributed by atoms with van der Waals surface area (Å²) in [6.07, 6.45) is 1.55. The summed E-state index contributed by atoms with van der Waals surface area (Å²) < 4.78 is 12.1. The fourth-order valence-electron chi connectivity index (χ4n) is 3.53. The Hall–Kier alpha value is -3.07. The molecule has 0 radical (unpaired) electrons. The highest BCUT2D eigenvalue weighted by atomic mass is 16.5. The van der Waals surface area contributed by atoms with E-state index in [1.165, 1.54) is 22.1 Å². The van der Waals surface area contributed by atoms with Gasteiger partial charge in [-0.1, -0.05) is 33.3 Å². The Bertz CT molecular complexity index is 1040. The van der Waals surface area contributed by atoms with Gasteiger partial charge in [-0.05, 0) is 42.5 Å². The second-order valence-corrected chi connectivity index (χ2v) is 8.00. The van der Waals surface area contributed by atoms with Crippen molar-refractivity contribution in [3.63, 3.8) is 0 Å². The van der Waals surface area contributed by atoms with Gasteiger partial charge in [-0.15, -0.1) is 0 Å². The van der Waals surface area contributed by atoms with Crippen LogP contribution >= 0.6 is 0 Å². The number of H-pyrrole nitrogens is 1. The Morgan fingerprint density at radius 1 is 1.28 bits per heavy atom. The number of rotatable bonds is 11. The number of aryl methyl sites for hydroxylation is 1. The van der Waals surface area contributed by atoms with E-state index < -0.39 is 17.2 Å². The summed E-state index contributed by atoms with van der Waals surface area (Å²) in [6, 6.07) is 5.68. The van der Waals surface area contributed by atoms with E-state index in [-0.39, 0.29) is 31.3 Å². The summed E-state index contributed by atoms with van der Waals surface area (Å²) in [5, 5.41) is 0. The molecule has 1 aromatic heterocycles. The number of nitrogens with two attached hydrogens (primary N) is 1. The van der Waals surface area contributed by atoms with Crippen LogP contribution in [0.4, 0.5) is 11.5 Å². The Morgan fingerprint density at radius 2 is 2.00 bits per heavy atom. The number of unbranched alkanes of at least 4 members (excludes halogenated alkanes) is 1. The molecule has 0 fully saturated rings. The molecule has 0 atom stereocenters. The van der Waals surface area contributed by atoms with Gasteiger partial charge in [0.1, 0.15) is 11.6 Å². The number of nitrogens with zero attached hydrogens (tertiary/aromatic N) is 2. The van der Waals surface area contributed by atoms with E-state index in [2.05, 4.69) is 18.8 Å². The molecule has 3 N–H and O–H groups in total. The normalized spacial score (nSPS) is 11.1. The second-order valence-electron chi connectivity index (χ2n) is 8.00. The van der Waals surface area contributed by atoms with Gasteiger partial charge in [-0.25, -0.2) is 4.79 Å². The SMILES string of the molecule is CCCCn1c(N)c(N(CCOC)C(=O)COc2ccc(C(C)C)c(C)c2)c(=O)[nH]c1=O. The van der Waals surface area contributed by atoms with Crippen LogP contribution in [0.15, 0.2) is 27.8 Å². The monoisotopic (exact) mass is 446 g/mol. The van der Waals surface area contributed by atoms with Crippen LogP contribution in [-0.2, 0) is 16.1 Å². The Morgan fingerprint density at radius 3 is 2.59 bits per heavy atom. The maximum absolute atomic E-state index is 13.0. The lowest BCUT2D eigenvalue weighted by atomic mass is 9.98. The first kappa shape index (κ1) is 25.2. The second kappa shape index (κ2) is 11.5. The molecule has 9 nitrogen and oxygen atoms in total. The third-order valence-electron chi connectivity index (χ3n) is 5.26. The summed E-state index contributed by atoms with van der Waals surface area (Å²) in [5.74, 6) is 0.425. The van der Waals surface area contributed by atoms with E-state index in [4.69, 9.17) is 15.2 Å². The predicted molar refractivity (Wildman–Crippen MR) is 126 cm³/mol. The minimum Gasteiger partial charge on any atom is -0.484 e. The molecule has 176 valence electrons. The zero-order valence-electron chi connectivity index (χ0n) is 19.6. The molecule has 0 bridgehead atoms. The molecule has 2 aromatic rings. The summed E-state index contributed by atoms with van der Waals surface area (Å²) in [4.78, 5) is 41.3. The minimum absolute atomic E-state index is 0.0474. The quantitative estimate of drug-likeness (QED) is 0.547. The van der Waals surface area contributed by atoms with Crippen LogP contribution < -0.4 is 26.6 Å². The van der Waals surface area contributed by atoms with E-state index in [0.717, 1.165) is 12.0 Å². The van der Waals surface area contributed by atoms with Gasteiger partial charge in [0.25, 0.3) is 11.5 Å². The molecule has 1 aromatic carbocycles. The van der Waals surface area contributed by atoms with E-state index >= 15 is 0 Å². The number of nitrogens with one attached hydrogen (secondary N) is 1. The largest absolute Gasteiger partial charge is 0.484 e. The number of ether oxygens (including phenoxy) is 2. The molecular weight excluding hydrogens is 412 g/mol. The van der Waals surface area contributed by atoms with Crippen molar-refractivity contribution in [3.8, 4) is 5.75 Å². The molecule has 0 spiro atoms. The Labute approximate surface area is 188 Å². The van der Waals surface area contributed by atoms with Crippen molar-refractivity contribution in [2.24, 2.45) is 0 Å². The third-order valence-corrected chi connectivity index (χ3v) is 5.26. The number of anilines is 2. The van der Waals surface area contributed by atoms with Crippen LogP contribution in [0.3, 0.4) is 0 Å². The molecule has 0 saturated heterocycles. The highest BCUT2D eigenvalue weighted by Gasteiger charge is 2.24. The third kappa shape index (κ3) is 6.00. The number of nitrogen functional groups attached to an aromatic ring is 1. The van der Waals surface area contributed by atoms with Crippen molar-refractivity contribution in [3.05, 3.63) is 50.2 Å².